The van der Waals surface area contributed by atoms with E-state index in [1.54, 1.807) is 6.07 Å². The molecule has 2 unspecified atom stereocenters. The second-order valence-electron chi connectivity index (χ2n) is 3.13. The van der Waals surface area contributed by atoms with Gasteiger partial charge in [-0.3, -0.25) is 9.59 Å². The first-order valence-corrected chi connectivity index (χ1v) is 4.10. The van der Waals surface area contributed by atoms with E-state index in [1.807, 2.05) is 6.92 Å². The Morgan fingerprint density at radius 1 is 1.54 bits per heavy atom. The van der Waals surface area contributed by atoms with Crippen molar-refractivity contribution < 1.29 is 9.59 Å². The summed E-state index contributed by atoms with van der Waals surface area (Å²) in [7, 11) is 0. The van der Waals surface area contributed by atoms with Crippen molar-refractivity contribution in [3.63, 3.8) is 0 Å². The number of nitrogens with zero attached hydrogens (tertiary/aromatic N) is 1. The van der Waals surface area contributed by atoms with E-state index >= 15 is 0 Å². The first-order valence-electron chi connectivity index (χ1n) is 4.10. The van der Waals surface area contributed by atoms with Crippen LogP contribution in [0.15, 0.2) is 0 Å². The number of hydrogen-bond acceptors (Lipinski definition) is 3. The van der Waals surface area contributed by atoms with Crippen LogP contribution < -0.4 is 10.6 Å². The Bertz CT molecular complexity index is 269. The zero-order chi connectivity index (χ0) is 9.84. The van der Waals surface area contributed by atoms with E-state index in [0.29, 0.717) is 5.92 Å². The third kappa shape index (κ3) is 2.75. The van der Waals surface area contributed by atoms with E-state index in [1.165, 1.54) is 0 Å². The van der Waals surface area contributed by atoms with Crippen LogP contribution in [0.25, 0.3) is 0 Å². The largest absolute Gasteiger partial charge is 0.345 e. The van der Waals surface area contributed by atoms with Crippen molar-refractivity contribution in [2.45, 2.75) is 19.4 Å². The van der Waals surface area contributed by atoms with Crippen LogP contribution in [-0.2, 0) is 9.59 Å². The molecule has 0 aromatic carbocycles. The van der Waals surface area contributed by atoms with Crippen molar-refractivity contribution >= 4 is 11.8 Å². The van der Waals surface area contributed by atoms with Gasteiger partial charge in [-0.05, 0) is 12.3 Å². The van der Waals surface area contributed by atoms with Gasteiger partial charge in [0.25, 0.3) is 0 Å². The second kappa shape index (κ2) is 3.90. The number of nitriles is 1. The molecule has 13 heavy (non-hydrogen) atoms. The highest BCUT2D eigenvalue weighted by atomic mass is 16.2. The molecule has 0 aromatic heterocycles. The molecule has 0 spiro atoms. The monoisotopic (exact) mass is 181 g/mol. The summed E-state index contributed by atoms with van der Waals surface area (Å²) in [4.78, 5) is 21.9. The molecule has 5 heteroatoms. The van der Waals surface area contributed by atoms with Crippen LogP contribution in [0.5, 0.6) is 0 Å². The summed E-state index contributed by atoms with van der Waals surface area (Å²) < 4.78 is 0. The van der Waals surface area contributed by atoms with Crippen LogP contribution in [0, 0.1) is 17.2 Å². The van der Waals surface area contributed by atoms with Gasteiger partial charge in [-0.15, -0.1) is 0 Å². The molecule has 2 amide bonds. The fourth-order valence-electron chi connectivity index (χ4n) is 0.957. The number of nitrogens with one attached hydrogen (secondary N) is 2. The lowest BCUT2D eigenvalue weighted by Gasteiger charge is -2.01. The van der Waals surface area contributed by atoms with Crippen molar-refractivity contribution in [1.82, 2.24) is 10.6 Å². The van der Waals surface area contributed by atoms with Crippen LogP contribution in [-0.4, -0.2) is 24.4 Å². The molecule has 1 aliphatic rings. The van der Waals surface area contributed by atoms with Crippen molar-refractivity contribution in [2.24, 2.45) is 5.92 Å². The summed E-state index contributed by atoms with van der Waals surface area (Å²) in [5, 5.41) is 12.9. The summed E-state index contributed by atoms with van der Waals surface area (Å²) >= 11 is 0. The summed E-state index contributed by atoms with van der Waals surface area (Å²) in [5.41, 5.74) is 0. The minimum atomic E-state index is -0.736. The van der Waals surface area contributed by atoms with Gasteiger partial charge in [0.15, 0.2) is 0 Å². The molecule has 2 atom stereocenters. The molecule has 0 bridgehead atoms. The van der Waals surface area contributed by atoms with Gasteiger partial charge in [-0.1, -0.05) is 6.92 Å². The molecule has 1 aliphatic carbocycles. The lowest BCUT2D eigenvalue weighted by molar-refractivity contribution is -0.139. The molecule has 0 radical (unpaired) electrons. The molecular formula is C8H11N3O2. The first-order chi connectivity index (χ1) is 6.15. The van der Waals surface area contributed by atoms with Gasteiger partial charge < -0.3 is 10.6 Å². The maximum Gasteiger partial charge on any atom is 0.310 e. The van der Waals surface area contributed by atoms with Crippen LogP contribution in [0.4, 0.5) is 0 Å². The minimum Gasteiger partial charge on any atom is -0.345 e. The van der Waals surface area contributed by atoms with Crippen LogP contribution >= 0.6 is 0 Å². The van der Waals surface area contributed by atoms with Crippen LogP contribution in [0.1, 0.15) is 13.3 Å². The molecule has 0 saturated heterocycles. The molecule has 1 rings (SSSR count). The maximum atomic E-state index is 11.0. The molecule has 0 heterocycles. The molecular weight excluding hydrogens is 170 g/mol. The Hall–Kier alpha value is -1.57. The summed E-state index contributed by atoms with van der Waals surface area (Å²) in [6.07, 6.45) is 0.928. The number of carbonyl (C=O) groups is 2. The van der Waals surface area contributed by atoms with E-state index in [2.05, 4.69) is 10.6 Å². The number of hydrogen-bond donors (Lipinski definition) is 2. The Balaban J connectivity index is 2.23. The third-order valence-corrected chi connectivity index (χ3v) is 1.96. The number of carbonyl (C=O) groups excluding carboxylic acids is 2. The fraction of sp³-hybridized carbons (Fsp3) is 0.625. The Labute approximate surface area is 76.1 Å². The van der Waals surface area contributed by atoms with Gasteiger partial charge in [0.1, 0.15) is 6.54 Å². The smallest absolute Gasteiger partial charge is 0.310 e. The van der Waals surface area contributed by atoms with Gasteiger partial charge in [0.05, 0.1) is 6.07 Å². The molecule has 70 valence electrons. The highest BCUT2D eigenvalue weighted by Gasteiger charge is 2.35. The van der Waals surface area contributed by atoms with Crippen molar-refractivity contribution in [2.75, 3.05) is 6.54 Å². The molecule has 0 aromatic rings. The lowest BCUT2D eigenvalue weighted by Crippen LogP contribution is -2.41. The normalized spacial score (nSPS) is 24.3. The number of rotatable bonds is 2. The molecule has 1 fully saturated rings. The van der Waals surface area contributed by atoms with Crippen molar-refractivity contribution in [3.8, 4) is 6.07 Å². The average Bonchev–Trinajstić information content (AvgIpc) is 2.77. The van der Waals surface area contributed by atoms with Crippen molar-refractivity contribution in [3.05, 3.63) is 0 Å². The predicted molar refractivity (Wildman–Crippen MR) is 44.3 cm³/mol. The van der Waals surface area contributed by atoms with Gasteiger partial charge >= 0.3 is 11.8 Å². The number of amides is 2. The molecule has 0 aliphatic heterocycles. The summed E-state index contributed by atoms with van der Waals surface area (Å²) in [5.74, 6) is -0.919. The third-order valence-electron chi connectivity index (χ3n) is 1.96. The van der Waals surface area contributed by atoms with Gasteiger partial charge in [-0.2, -0.15) is 5.26 Å². The van der Waals surface area contributed by atoms with Gasteiger partial charge in [-0.25, -0.2) is 0 Å². The Morgan fingerprint density at radius 2 is 2.15 bits per heavy atom. The highest BCUT2D eigenvalue weighted by Crippen LogP contribution is 2.28. The lowest BCUT2D eigenvalue weighted by atomic mass is 10.4. The SMILES string of the molecule is CC1CC1NC(=O)C(=O)NCC#N. The first kappa shape index (κ1) is 9.52. The zero-order valence-electron chi connectivity index (χ0n) is 7.33. The quantitative estimate of drug-likeness (QED) is 0.430. The second-order valence-corrected chi connectivity index (χ2v) is 3.13. The van der Waals surface area contributed by atoms with E-state index in [9.17, 15) is 9.59 Å². The Morgan fingerprint density at radius 3 is 2.62 bits per heavy atom. The topological polar surface area (TPSA) is 82.0 Å². The fourth-order valence-corrected chi connectivity index (χ4v) is 0.957. The van der Waals surface area contributed by atoms with E-state index < -0.39 is 11.8 Å². The van der Waals surface area contributed by atoms with E-state index in [4.69, 9.17) is 5.26 Å². The van der Waals surface area contributed by atoms with Crippen LogP contribution in [0.3, 0.4) is 0 Å². The van der Waals surface area contributed by atoms with Gasteiger partial charge in [0, 0.05) is 6.04 Å². The summed E-state index contributed by atoms with van der Waals surface area (Å²) in [6, 6.07) is 1.86. The minimum absolute atomic E-state index is 0.132. The Kier molecular flexibility index (Phi) is 2.85. The van der Waals surface area contributed by atoms with Crippen LogP contribution in [0.2, 0.25) is 0 Å². The average molecular weight is 181 g/mol. The summed E-state index contributed by atoms with van der Waals surface area (Å²) in [6.45, 7) is 1.87. The van der Waals surface area contributed by atoms with Gasteiger partial charge in [0.2, 0.25) is 0 Å². The van der Waals surface area contributed by atoms with E-state index in [0.717, 1.165) is 6.42 Å². The highest BCUT2D eigenvalue weighted by molar-refractivity contribution is 6.35. The zero-order valence-corrected chi connectivity index (χ0v) is 7.33. The standard InChI is InChI=1S/C8H11N3O2/c1-5-4-6(5)11-8(13)7(12)10-3-2-9/h5-6H,3-4H2,1H3,(H,10,12)(H,11,13). The molecule has 2 N–H and O–H groups in total. The maximum absolute atomic E-state index is 11.0. The van der Waals surface area contributed by atoms with E-state index in [-0.39, 0.29) is 12.6 Å². The molecule has 5 nitrogen and oxygen atoms in total. The predicted octanol–water partition coefficient (Wildman–Crippen LogP) is -0.849. The van der Waals surface area contributed by atoms with Crippen molar-refractivity contribution in [1.29, 1.82) is 5.26 Å². The molecule has 1 saturated carbocycles.